The van der Waals surface area contributed by atoms with Crippen molar-refractivity contribution in [3.63, 3.8) is 0 Å². The number of hydrogen-bond donors (Lipinski definition) is 1. The topological polar surface area (TPSA) is 64.6 Å². The molecule has 1 aliphatic rings. The number of ether oxygens (including phenoxy) is 2. The Morgan fingerprint density at radius 3 is 2.60 bits per heavy atom. The van der Waals surface area contributed by atoms with Gasteiger partial charge in [-0.15, -0.1) is 0 Å². The quantitative estimate of drug-likeness (QED) is 0.801. The zero-order chi connectivity index (χ0) is 14.4. The molecule has 1 atom stereocenters. The Labute approximate surface area is 120 Å². The molecule has 1 aromatic carbocycles. The van der Waals surface area contributed by atoms with E-state index in [1.807, 2.05) is 0 Å². The first kappa shape index (κ1) is 15.3. The molecular weight excluding hydrogens is 278 g/mol. The van der Waals surface area contributed by atoms with E-state index >= 15 is 0 Å². The molecule has 0 amide bonds. The molecule has 1 unspecified atom stereocenters. The molecule has 112 valence electrons. The van der Waals surface area contributed by atoms with Crippen molar-refractivity contribution in [1.29, 1.82) is 0 Å². The van der Waals surface area contributed by atoms with E-state index in [2.05, 4.69) is 5.32 Å². The molecule has 0 bridgehead atoms. The van der Waals surface area contributed by atoms with Crippen LogP contribution < -0.4 is 10.1 Å². The minimum absolute atomic E-state index is 0.323. The molecule has 0 aliphatic carbocycles. The molecule has 5 nitrogen and oxygen atoms in total. The van der Waals surface area contributed by atoms with E-state index in [1.54, 1.807) is 31.4 Å². The lowest BCUT2D eigenvalue weighted by atomic mass is 10.2. The van der Waals surface area contributed by atoms with Gasteiger partial charge in [-0.1, -0.05) is 0 Å². The second-order valence-corrected chi connectivity index (χ2v) is 7.05. The van der Waals surface area contributed by atoms with Crippen LogP contribution in [-0.2, 0) is 14.6 Å². The fraction of sp³-hybridized carbons (Fsp3) is 0.571. The van der Waals surface area contributed by atoms with Gasteiger partial charge in [0, 0.05) is 13.7 Å². The van der Waals surface area contributed by atoms with Crippen molar-refractivity contribution in [3.8, 4) is 5.75 Å². The first-order valence-corrected chi connectivity index (χ1v) is 8.35. The van der Waals surface area contributed by atoms with Crippen LogP contribution in [0.4, 0.5) is 0 Å². The molecule has 0 aromatic heterocycles. The molecule has 1 aromatic rings. The minimum atomic E-state index is -3.25. The highest BCUT2D eigenvalue weighted by molar-refractivity contribution is 7.92. The van der Waals surface area contributed by atoms with E-state index in [0.717, 1.165) is 19.4 Å². The average molecular weight is 299 g/mol. The van der Waals surface area contributed by atoms with E-state index in [1.165, 1.54) is 0 Å². The molecule has 1 saturated heterocycles. The normalized spacial score (nSPS) is 19.8. The van der Waals surface area contributed by atoms with E-state index < -0.39 is 9.84 Å². The minimum Gasteiger partial charge on any atom is -0.491 e. The highest BCUT2D eigenvalue weighted by Gasteiger charge is 2.28. The van der Waals surface area contributed by atoms with Gasteiger partial charge in [0.25, 0.3) is 0 Å². The van der Waals surface area contributed by atoms with Crippen LogP contribution in [0, 0.1) is 0 Å². The molecule has 1 N–H and O–H groups in total. The number of nitrogens with one attached hydrogen (secondary N) is 1. The van der Waals surface area contributed by atoms with Crippen molar-refractivity contribution in [2.75, 3.05) is 33.4 Å². The number of piperidine rings is 1. The third kappa shape index (κ3) is 3.71. The predicted octanol–water partition coefficient (Wildman–Crippen LogP) is 1.24. The fourth-order valence-electron chi connectivity index (χ4n) is 2.25. The standard InChI is InChI=1S/C14H21NO4S/c1-18-9-10-19-12-4-6-13(7-5-12)20(16,17)14-3-2-8-15-11-14/h4-7,14-15H,2-3,8-11H2,1H3. The third-order valence-electron chi connectivity index (χ3n) is 3.40. The Bertz CT molecular complexity index is 506. The molecule has 0 radical (unpaired) electrons. The summed E-state index contributed by atoms with van der Waals surface area (Å²) >= 11 is 0. The molecule has 0 saturated carbocycles. The molecule has 6 heteroatoms. The number of methoxy groups -OCH3 is 1. The largest absolute Gasteiger partial charge is 0.491 e. The van der Waals surface area contributed by atoms with Crippen molar-refractivity contribution in [3.05, 3.63) is 24.3 Å². The van der Waals surface area contributed by atoms with Crippen LogP contribution in [0.2, 0.25) is 0 Å². The lowest BCUT2D eigenvalue weighted by Gasteiger charge is -2.22. The van der Waals surface area contributed by atoms with Crippen LogP contribution in [0.1, 0.15) is 12.8 Å². The lowest BCUT2D eigenvalue weighted by molar-refractivity contribution is 0.146. The molecule has 1 fully saturated rings. The molecule has 2 rings (SSSR count). The van der Waals surface area contributed by atoms with Crippen molar-refractivity contribution in [2.24, 2.45) is 0 Å². The van der Waals surface area contributed by atoms with Gasteiger partial charge in [0.05, 0.1) is 16.8 Å². The van der Waals surface area contributed by atoms with Crippen LogP contribution in [0.15, 0.2) is 29.2 Å². The smallest absolute Gasteiger partial charge is 0.182 e. The van der Waals surface area contributed by atoms with Gasteiger partial charge in [-0.2, -0.15) is 0 Å². The average Bonchev–Trinajstić information content (AvgIpc) is 2.49. The maximum absolute atomic E-state index is 12.5. The predicted molar refractivity (Wildman–Crippen MR) is 76.9 cm³/mol. The van der Waals surface area contributed by atoms with Crippen LogP contribution in [-0.4, -0.2) is 47.1 Å². The second kappa shape index (κ2) is 7.06. The van der Waals surface area contributed by atoms with Gasteiger partial charge in [0.2, 0.25) is 0 Å². The van der Waals surface area contributed by atoms with Crippen LogP contribution in [0.3, 0.4) is 0 Å². The number of rotatable bonds is 6. The monoisotopic (exact) mass is 299 g/mol. The molecule has 0 spiro atoms. The van der Waals surface area contributed by atoms with Crippen LogP contribution >= 0.6 is 0 Å². The summed E-state index contributed by atoms with van der Waals surface area (Å²) in [7, 11) is -1.64. The summed E-state index contributed by atoms with van der Waals surface area (Å²) < 4.78 is 35.2. The molecule has 1 heterocycles. The van der Waals surface area contributed by atoms with Crippen molar-refractivity contribution in [2.45, 2.75) is 23.0 Å². The van der Waals surface area contributed by atoms with Crippen LogP contribution in [0.25, 0.3) is 0 Å². The third-order valence-corrected chi connectivity index (χ3v) is 5.61. The summed E-state index contributed by atoms with van der Waals surface area (Å²) in [5, 5.41) is 2.82. The van der Waals surface area contributed by atoms with Gasteiger partial charge in [-0.3, -0.25) is 0 Å². The van der Waals surface area contributed by atoms with Gasteiger partial charge in [0.15, 0.2) is 9.84 Å². The zero-order valence-corrected chi connectivity index (χ0v) is 12.5. The van der Waals surface area contributed by atoms with Gasteiger partial charge < -0.3 is 14.8 Å². The molecule has 20 heavy (non-hydrogen) atoms. The van der Waals surface area contributed by atoms with Gasteiger partial charge in [0.1, 0.15) is 12.4 Å². The van der Waals surface area contributed by atoms with Gasteiger partial charge >= 0.3 is 0 Å². The van der Waals surface area contributed by atoms with Crippen LogP contribution in [0.5, 0.6) is 5.75 Å². The number of sulfone groups is 1. The summed E-state index contributed by atoms with van der Waals surface area (Å²) in [6.45, 7) is 2.40. The summed E-state index contributed by atoms with van der Waals surface area (Å²) in [5.74, 6) is 0.655. The van der Waals surface area contributed by atoms with E-state index in [9.17, 15) is 8.42 Å². The second-order valence-electron chi connectivity index (χ2n) is 4.83. The molecular formula is C14H21NO4S. The van der Waals surface area contributed by atoms with Gasteiger partial charge in [-0.25, -0.2) is 8.42 Å². The van der Waals surface area contributed by atoms with E-state index in [4.69, 9.17) is 9.47 Å². The first-order chi connectivity index (χ1) is 9.64. The Hall–Kier alpha value is -1.11. The fourth-order valence-corrected chi connectivity index (χ4v) is 3.96. The first-order valence-electron chi connectivity index (χ1n) is 6.81. The van der Waals surface area contributed by atoms with Crippen molar-refractivity contribution < 1.29 is 17.9 Å². The summed E-state index contributed by atoms with van der Waals surface area (Å²) in [5.41, 5.74) is 0. The maximum atomic E-state index is 12.5. The lowest BCUT2D eigenvalue weighted by Crippen LogP contribution is -2.38. The van der Waals surface area contributed by atoms with Crippen molar-refractivity contribution >= 4 is 9.84 Å². The number of hydrogen-bond acceptors (Lipinski definition) is 5. The summed E-state index contributed by atoms with van der Waals surface area (Å²) in [6, 6.07) is 6.62. The Morgan fingerprint density at radius 1 is 1.25 bits per heavy atom. The summed E-state index contributed by atoms with van der Waals surface area (Å²) in [4.78, 5) is 0.366. The Kier molecular flexibility index (Phi) is 5.39. The van der Waals surface area contributed by atoms with Gasteiger partial charge in [-0.05, 0) is 43.7 Å². The Balaban J connectivity index is 2.04. The highest BCUT2D eigenvalue weighted by atomic mass is 32.2. The van der Waals surface area contributed by atoms with Crippen molar-refractivity contribution in [1.82, 2.24) is 5.32 Å². The highest BCUT2D eigenvalue weighted by Crippen LogP contribution is 2.23. The summed E-state index contributed by atoms with van der Waals surface area (Å²) in [6.07, 6.45) is 1.63. The maximum Gasteiger partial charge on any atom is 0.182 e. The Morgan fingerprint density at radius 2 is 2.00 bits per heavy atom. The van der Waals surface area contributed by atoms with E-state index in [-0.39, 0.29) is 5.25 Å². The molecule has 1 aliphatic heterocycles. The zero-order valence-electron chi connectivity index (χ0n) is 11.7. The number of benzene rings is 1. The SMILES string of the molecule is COCCOc1ccc(S(=O)(=O)C2CCCNC2)cc1. The van der Waals surface area contributed by atoms with E-state index in [0.29, 0.717) is 30.4 Å².